The number of carbonyl (C=O) groups is 2. The number of methoxy groups -OCH3 is 1. The molecule has 0 aliphatic carbocycles. The molecule has 0 saturated carbocycles. The molecule has 30 heavy (non-hydrogen) atoms. The third kappa shape index (κ3) is 4.81. The Hall–Kier alpha value is -3.30. The normalized spacial score (nSPS) is 20.5. The van der Waals surface area contributed by atoms with Crippen molar-refractivity contribution in [3.63, 3.8) is 0 Å². The molecule has 4 rings (SSSR count). The fourth-order valence-electron chi connectivity index (χ4n) is 4.01. The Morgan fingerprint density at radius 2 is 1.80 bits per heavy atom. The first-order chi connectivity index (χ1) is 14.6. The van der Waals surface area contributed by atoms with Gasteiger partial charge in [-0.1, -0.05) is 0 Å². The van der Waals surface area contributed by atoms with Crippen LogP contribution in [0, 0.1) is 17.7 Å². The van der Waals surface area contributed by atoms with E-state index < -0.39 is 0 Å². The van der Waals surface area contributed by atoms with E-state index in [0.29, 0.717) is 36.5 Å². The zero-order valence-corrected chi connectivity index (χ0v) is 16.6. The molecule has 2 saturated heterocycles. The summed E-state index contributed by atoms with van der Waals surface area (Å²) in [5.74, 6) is 1.55. The van der Waals surface area contributed by atoms with Crippen LogP contribution >= 0.6 is 0 Å². The molecular formula is C20H24FN5O4. The molecule has 10 heteroatoms. The first-order valence-corrected chi connectivity index (χ1v) is 9.66. The Kier molecular flexibility index (Phi) is 7.10. The molecule has 2 aliphatic heterocycles. The molecule has 1 amide bonds. The third-order valence-corrected chi connectivity index (χ3v) is 5.50. The number of fused-ring (bicyclic) bond motifs is 1. The highest BCUT2D eigenvalue weighted by Gasteiger charge is 2.38. The van der Waals surface area contributed by atoms with Gasteiger partial charge in [-0.25, -0.2) is 19.3 Å². The second-order valence-corrected chi connectivity index (χ2v) is 7.16. The van der Waals surface area contributed by atoms with Crippen molar-refractivity contribution in [1.29, 1.82) is 0 Å². The highest BCUT2D eigenvalue weighted by Crippen LogP contribution is 2.33. The Morgan fingerprint density at radius 3 is 2.33 bits per heavy atom. The maximum atomic E-state index is 14.0. The van der Waals surface area contributed by atoms with E-state index >= 15 is 0 Å². The monoisotopic (exact) mass is 417 g/mol. The van der Waals surface area contributed by atoms with Crippen molar-refractivity contribution in [2.24, 2.45) is 11.8 Å². The summed E-state index contributed by atoms with van der Waals surface area (Å²) in [6, 6.07) is 3.05. The van der Waals surface area contributed by atoms with Crippen LogP contribution in [0.1, 0.15) is 23.5 Å². The highest BCUT2D eigenvalue weighted by atomic mass is 19.1. The molecule has 2 aliphatic rings. The van der Waals surface area contributed by atoms with Gasteiger partial charge in [-0.3, -0.25) is 9.59 Å². The van der Waals surface area contributed by atoms with Crippen LogP contribution in [-0.2, 0) is 4.79 Å². The number of ether oxygens (including phenoxy) is 1. The zero-order valence-electron chi connectivity index (χ0n) is 16.6. The number of aromatic nitrogens is 3. The summed E-state index contributed by atoms with van der Waals surface area (Å²) >= 11 is 0. The van der Waals surface area contributed by atoms with Gasteiger partial charge < -0.3 is 19.6 Å². The van der Waals surface area contributed by atoms with Crippen molar-refractivity contribution in [3.05, 3.63) is 42.4 Å². The molecular weight excluding hydrogens is 393 g/mol. The van der Waals surface area contributed by atoms with Crippen LogP contribution in [0.2, 0.25) is 0 Å². The summed E-state index contributed by atoms with van der Waals surface area (Å²) in [4.78, 5) is 37.3. The van der Waals surface area contributed by atoms with Gasteiger partial charge in [-0.15, -0.1) is 0 Å². The van der Waals surface area contributed by atoms with Gasteiger partial charge >= 0.3 is 0 Å². The quantitative estimate of drug-likeness (QED) is 0.752. The number of rotatable bonds is 3. The minimum absolute atomic E-state index is 0.140. The predicted molar refractivity (Wildman–Crippen MR) is 106 cm³/mol. The molecule has 2 atom stereocenters. The van der Waals surface area contributed by atoms with E-state index in [0.717, 1.165) is 25.9 Å². The van der Waals surface area contributed by atoms with Gasteiger partial charge in [0.1, 0.15) is 0 Å². The molecule has 2 aromatic rings. The summed E-state index contributed by atoms with van der Waals surface area (Å²) in [6.45, 7) is 2.63. The fourth-order valence-corrected chi connectivity index (χ4v) is 4.01. The van der Waals surface area contributed by atoms with E-state index in [-0.39, 0.29) is 24.0 Å². The number of hydrogen-bond acceptors (Lipinski definition) is 7. The van der Waals surface area contributed by atoms with Gasteiger partial charge in [0.2, 0.25) is 5.82 Å². The molecule has 0 bridgehead atoms. The molecule has 160 valence electrons. The molecule has 1 N–H and O–H groups in total. The lowest BCUT2D eigenvalue weighted by Gasteiger charge is -2.23. The maximum absolute atomic E-state index is 14.0. The van der Waals surface area contributed by atoms with Gasteiger partial charge in [0, 0.05) is 32.4 Å². The van der Waals surface area contributed by atoms with Gasteiger partial charge in [-0.2, -0.15) is 0 Å². The summed E-state index contributed by atoms with van der Waals surface area (Å²) in [5, 5.41) is 6.89. The standard InChI is InChI=1S/C19H22FN5O2.CH2O2/c1-27-15-9-22-17(23-10-15)19(26)25-11-13-4-7-24(8-5-14(13)12-25)18-16(20)3-2-6-21-18;2-1-3/h2-3,6,9-10,13-14H,4-5,7-8,11-12H2,1H3;1H,(H,2,3)/t13-,14+;. The highest BCUT2D eigenvalue weighted by molar-refractivity contribution is 5.90. The summed E-state index contributed by atoms with van der Waals surface area (Å²) in [7, 11) is 1.54. The summed E-state index contributed by atoms with van der Waals surface area (Å²) < 4.78 is 19.1. The number of likely N-dealkylation sites (tertiary alicyclic amines) is 1. The number of nitrogens with zero attached hydrogens (tertiary/aromatic N) is 5. The lowest BCUT2D eigenvalue weighted by Crippen LogP contribution is -2.32. The van der Waals surface area contributed by atoms with Crippen LogP contribution in [0.4, 0.5) is 10.2 Å². The first kappa shape index (κ1) is 21.4. The zero-order chi connectivity index (χ0) is 21.5. The Morgan fingerprint density at radius 1 is 1.20 bits per heavy atom. The van der Waals surface area contributed by atoms with Crippen molar-refractivity contribution >= 4 is 18.2 Å². The van der Waals surface area contributed by atoms with Crippen LogP contribution in [0.15, 0.2) is 30.7 Å². The number of halogens is 1. The number of hydrogen-bond donors (Lipinski definition) is 1. The van der Waals surface area contributed by atoms with Gasteiger partial charge in [0.15, 0.2) is 17.4 Å². The number of anilines is 1. The van der Waals surface area contributed by atoms with Crippen LogP contribution in [0.5, 0.6) is 5.75 Å². The van der Waals surface area contributed by atoms with E-state index in [1.165, 1.54) is 25.6 Å². The van der Waals surface area contributed by atoms with Crippen molar-refractivity contribution in [2.45, 2.75) is 12.8 Å². The third-order valence-electron chi connectivity index (χ3n) is 5.50. The lowest BCUT2D eigenvalue weighted by molar-refractivity contribution is -0.122. The van der Waals surface area contributed by atoms with Crippen molar-refractivity contribution in [1.82, 2.24) is 19.9 Å². The summed E-state index contributed by atoms with van der Waals surface area (Å²) in [5.41, 5.74) is 0. The van der Waals surface area contributed by atoms with Crippen molar-refractivity contribution in [3.8, 4) is 5.75 Å². The smallest absolute Gasteiger partial charge is 0.291 e. The largest absolute Gasteiger partial charge is 0.494 e. The van der Waals surface area contributed by atoms with E-state index in [2.05, 4.69) is 15.0 Å². The van der Waals surface area contributed by atoms with Gasteiger partial charge in [-0.05, 0) is 36.8 Å². The molecule has 4 heterocycles. The average molecular weight is 417 g/mol. The minimum atomic E-state index is -0.280. The topological polar surface area (TPSA) is 109 Å². The minimum Gasteiger partial charge on any atom is -0.494 e. The average Bonchev–Trinajstić information content (AvgIpc) is 3.08. The number of carbonyl (C=O) groups excluding carboxylic acids is 1. The van der Waals surface area contributed by atoms with Crippen LogP contribution in [-0.4, -0.2) is 70.6 Å². The van der Waals surface area contributed by atoms with E-state index in [1.54, 1.807) is 12.3 Å². The summed E-state index contributed by atoms with van der Waals surface area (Å²) in [6.07, 6.45) is 6.46. The first-order valence-electron chi connectivity index (χ1n) is 9.66. The molecule has 2 fully saturated rings. The molecule has 0 aromatic carbocycles. The van der Waals surface area contributed by atoms with Crippen molar-refractivity contribution in [2.75, 3.05) is 38.2 Å². The molecule has 0 unspecified atom stereocenters. The second kappa shape index (κ2) is 9.95. The van der Waals surface area contributed by atoms with Crippen LogP contribution < -0.4 is 9.64 Å². The van der Waals surface area contributed by atoms with Crippen LogP contribution in [0.25, 0.3) is 0 Å². The molecule has 0 radical (unpaired) electrons. The van der Waals surface area contributed by atoms with Gasteiger partial charge in [0.05, 0.1) is 19.5 Å². The second-order valence-electron chi connectivity index (χ2n) is 7.16. The fraction of sp³-hybridized carbons (Fsp3) is 0.450. The SMILES string of the molecule is COc1cnc(C(=O)N2C[C@H]3CCN(c4ncccc4F)CC[C@H]3C2)nc1.O=CO. The van der Waals surface area contributed by atoms with Crippen molar-refractivity contribution < 1.29 is 23.8 Å². The lowest BCUT2D eigenvalue weighted by atomic mass is 9.92. The van der Waals surface area contributed by atoms with Crippen LogP contribution in [0.3, 0.4) is 0 Å². The predicted octanol–water partition coefficient (Wildman–Crippen LogP) is 1.71. The van der Waals surface area contributed by atoms with E-state index in [1.807, 2.05) is 9.80 Å². The molecule has 2 aromatic heterocycles. The molecule has 9 nitrogen and oxygen atoms in total. The van der Waals surface area contributed by atoms with E-state index in [4.69, 9.17) is 14.6 Å². The Labute approximate surface area is 173 Å². The Bertz CT molecular complexity index is 851. The Balaban J connectivity index is 0.000000806. The molecule has 0 spiro atoms. The number of amides is 1. The number of pyridine rings is 1. The number of carboxylic acid groups (broad SMARTS) is 1. The maximum Gasteiger partial charge on any atom is 0.291 e. The van der Waals surface area contributed by atoms with E-state index in [9.17, 15) is 9.18 Å². The van der Waals surface area contributed by atoms with Gasteiger partial charge in [0.25, 0.3) is 12.4 Å².